The van der Waals surface area contributed by atoms with Crippen LogP contribution in [0, 0.1) is 6.92 Å². The molecule has 5 heteroatoms. The summed E-state index contributed by atoms with van der Waals surface area (Å²) in [6, 6.07) is 9.90. The minimum atomic E-state index is 0.733. The van der Waals surface area contributed by atoms with Crippen molar-refractivity contribution in [2.75, 3.05) is 30.0 Å². The summed E-state index contributed by atoms with van der Waals surface area (Å²) < 4.78 is 0. The first kappa shape index (κ1) is 12.2. The molecular formula is C13H17N5. The molecule has 0 aliphatic carbocycles. The highest BCUT2D eigenvalue weighted by Crippen LogP contribution is 2.19. The summed E-state index contributed by atoms with van der Waals surface area (Å²) in [5.41, 5.74) is 2.07. The van der Waals surface area contributed by atoms with Gasteiger partial charge in [0.15, 0.2) is 0 Å². The first-order valence-electron chi connectivity index (χ1n) is 5.79. The van der Waals surface area contributed by atoms with E-state index in [-0.39, 0.29) is 0 Å². The number of hydrogen-bond donors (Lipinski definition) is 3. The average molecular weight is 243 g/mol. The third-order valence-electron chi connectivity index (χ3n) is 2.54. The fraction of sp³-hybridized carbons (Fsp3) is 0.231. The Hall–Kier alpha value is -2.30. The largest absolute Gasteiger partial charge is 0.388 e. The number of nitrogens with one attached hydrogen (secondary N) is 3. The lowest BCUT2D eigenvalue weighted by molar-refractivity contribution is 1.06. The molecule has 1 aromatic carbocycles. The molecule has 5 nitrogen and oxygen atoms in total. The summed E-state index contributed by atoms with van der Waals surface area (Å²) in [7, 11) is 3.74. The van der Waals surface area contributed by atoms with Crippen molar-refractivity contribution >= 4 is 23.0 Å². The highest BCUT2D eigenvalue weighted by Gasteiger charge is 2.01. The van der Waals surface area contributed by atoms with E-state index >= 15 is 0 Å². The van der Waals surface area contributed by atoms with Gasteiger partial charge in [-0.2, -0.15) is 0 Å². The van der Waals surface area contributed by atoms with Gasteiger partial charge in [0, 0.05) is 31.5 Å². The second-order valence-corrected chi connectivity index (χ2v) is 3.89. The van der Waals surface area contributed by atoms with E-state index in [0.29, 0.717) is 0 Å². The summed E-state index contributed by atoms with van der Waals surface area (Å²) in [6.07, 6.45) is 0. The smallest absolute Gasteiger partial charge is 0.136 e. The van der Waals surface area contributed by atoms with Crippen molar-refractivity contribution in [2.24, 2.45) is 0 Å². The van der Waals surface area contributed by atoms with Gasteiger partial charge in [0.2, 0.25) is 0 Å². The van der Waals surface area contributed by atoms with E-state index < -0.39 is 0 Å². The van der Waals surface area contributed by atoms with Crippen molar-refractivity contribution in [3.63, 3.8) is 0 Å². The Kier molecular flexibility index (Phi) is 3.62. The molecule has 2 aromatic rings. The number of aromatic nitrogens is 2. The van der Waals surface area contributed by atoms with Crippen LogP contribution in [0.3, 0.4) is 0 Å². The van der Waals surface area contributed by atoms with Crippen LogP contribution < -0.4 is 16.0 Å². The molecule has 18 heavy (non-hydrogen) atoms. The van der Waals surface area contributed by atoms with Gasteiger partial charge in [0.05, 0.1) is 0 Å². The van der Waals surface area contributed by atoms with Crippen LogP contribution in [0.15, 0.2) is 30.3 Å². The lowest BCUT2D eigenvalue weighted by Gasteiger charge is -2.09. The van der Waals surface area contributed by atoms with Gasteiger partial charge >= 0.3 is 0 Å². The summed E-state index contributed by atoms with van der Waals surface area (Å²) in [5, 5.41) is 9.34. The first-order chi connectivity index (χ1) is 8.71. The predicted molar refractivity (Wildman–Crippen MR) is 75.6 cm³/mol. The summed E-state index contributed by atoms with van der Waals surface area (Å²) >= 11 is 0. The molecule has 0 unspecified atom stereocenters. The number of benzene rings is 1. The van der Waals surface area contributed by atoms with Gasteiger partial charge in [-0.1, -0.05) is 0 Å². The van der Waals surface area contributed by atoms with Crippen LogP contribution in [-0.4, -0.2) is 24.1 Å². The number of anilines is 4. The molecule has 3 N–H and O–H groups in total. The maximum Gasteiger partial charge on any atom is 0.136 e. The van der Waals surface area contributed by atoms with E-state index in [9.17, 15) is 0 Å². The van der Waals surface area contributed by atoms with Crippen molar-refractivity contribution in [1.82, 2.24) is 9.97 Å². The topological polar surface area (TPSA) is 61.9 Å². The summed E-state index contributed by atoms with van der Waals surface area (Å²) in [6.45, 7) is 1.87. The zero-order valence-electron chi connectivity index (χ0n) is 10.8. The lowest BCUT2D eigenvalue weighted by Crippen LogP contribution is -2.01. The SMILES string of the molecule is CNc1ccc(Nc2cc(NC)nc(C)n2)cc1. The molecule has 0 radical (unpaired) electrons. The Balaban J connectivity index is 2.19. The van der Waals surface area contributed by atoms with E-state index in [0.717, 1.165) is 28.8 Å². The zero-order valence-corrected chi connectivity index (χ0v) is 10.8. The molecule has 1 heterocycles. The van der Waals surface area contributed by atoms with E-state index in [1.807, 2.05) is 51.4 Å². The Morgan fingerprint density at radius 2 is 1.44 bits per heavy atom. The molecule has 0 aliphatic rings. The van der Waals surface area contributed by atoms with Crippen molar-refractivity contribution < 1.29 is 0 Å². The number of hydrogen-bond acceptors (Lipinski definition) is 5. The standard InChI is InChI=1S/C13H17N5/c1-9-16-12(15-3)8-13(17-9)18-11-6-4-10(14-2)5-7-11/h4-8,14H,1-3H3,(H2,15,16,17,18). The third kappa shape index (κ3) is 2.88. The predicted octanol–water partition coefficient (Wildman–Crippen LogP) is 2.61. The monoisotopic (exact) mass is 243 g/mol. The molecule has 0 bridgehead atoms. The minimum Gasteiger partial charge on any atom is -0.388 e. The molecule has 0 spiro atoms. The Morgan fingerprint density at radius 1 is 0.833 bits per heavy atom. The van der Waals surface area contributed by atoms with E-state index in [1.165, 1.54) is 0 Å². The van der Waals surface area contributed by atoms with Crippen molar-refractivity contribution in [3.8, 4) is 0 Å². The van der Waals surface area contributed by atoms with Gasteiger partial charge in [0.25, 0.3) is 0 Å². The molecule has 0 saturated heterocycles. The molecule has 0 fully saturated rings. The molecule has 0 saturated carbocycles. The van der Waals surface area contributed by atoms with Gasteiger partial charge in [-0.15, -0.1) is 0 Å². The van der Waals surface area contributed by atoms with Gasteiger partial charge in [-0.3, -0.25) is 0 Å². The fourth-order valence-corrected chi connectivity index (χ4v) is 1.63. The lowest BCUT2D eigenvalue weighted by atomic mass is 10.3. The molecule has 0 aliphatic heterocycles. The second-order valence-electron chi connectivity index (χ2n) is 3.89. The maximum absolute atomic E-state index is 4.34. The van der Waals surface area contributed by atoms with Crippen LogP contribution in [0.4, 0.5) is 23.0 Å². The van der Waals surface area contributed by atoms with Crippen LogP contribution in [0.1, 0.15) is 5.82 Å². The zero-order chi connectivity index (χ0) is 13.0. The van der Waals surface area contributed by atoms with Crippen LogP contribution in [0.25, 0.3) is 0 Å². The Labute approximate surface area is 107 Å². The molecule has 94 valence electrons. The summed E-state index contributed by atoms with van der Waals surface area (Å²) in [4.78, 5) is 8.59. The molecule has 0 atom stereocenters. The first-order valence-corrected chi connectivity index (χ1v) is 5.79. The highest BCUT2D eigenvalue weighted by molar-refractivity contribution is 5.61. The van der Waals surface area contributed by atoms with Gasteiger partial charge in [-0.25, -0.2) is 9.97 Å². The number of nitrogens with zero attached hydrogens (tertiary/aromatic N) is 2. The maximum atomic E-state index is 4.34. The second kappa shape index (κ2) is 5.35. The molecule has 2 rings (SSSR count). The molecular weight excluding hydrogens is 226 g/mol. The van der Waals surface area contributed by atoms with Crippen LogP contribution in [0.5, 0.6) is 0 Å². The fourth-order valence-electron chi connectivity index (χ4n) is 1.63. The van der Waals surface area contributed by atoms with E-state index in [4.69, 9.17) is 0 Å². The number of rotatable bonds is 4. The summed E-state index contributed by atoms with van der Waals surface area (Å²) in [5.74, 6) is 2.32. The van der Waals surface area contributed by atoms with E-state index in [1.54, 1.807) is 0 Å². The van der Waals surface area contributed by atoms with E-state index in [2.05, 4.69) is 25.9 Å². The van der Waals surface area contributed by atoms with Gasteiger partial charge < -0.3 is 16.0 Å². The Bertz CT molecular complexity index is 521. The third-order valence-corrected chi connectivity index (χ3v) is 2.54. The molecule has 1 aromatic heterocycles. The van der Waals surface area contributed by atoms with Crippen molar-refractivity contribution in [2.45, 2.75) is 6.92 Å². The highest BCUT2D eigenvalue weighted by atomic mass is 15.1. The van der Waals surface area contributed by atoms with Crippen LogP contribution >= 0.6 is 0 Å². The molecule has 0 amide bonds. The van der Waals surface area contributed by atoms with Crippen molar-refractivity contribution in [1.29, 1.82) is 0 Å². The normalized spacial score (nSPS) is 9.94. The van der Waals surface area contributed by atoms with Gasteiger partial charge in [-0.05, 0) is 31.2 Å². The minimum absolute atomic E-state index is 0.733. The van der Waals surface area contributed by atoms with Crippen LogP contribution in [0.2, 0.25) is 0 Å². The van der Waals surface area contributed by atoms with Gasteiger partial charge in [0.1, 0.15) is 17.5 Å². The quantitative estimate of drug-likeness (QED) is 0.770. The Morgan fingerprint density at radius 3 is 2.06 bits per heavy atom. The number of aryl methyl sites for hydroxylation is 1. The van der Waals surface area contributed by atoms with Crippen molar-refractivity contribution in [3.05, 3.63) is 36.2 Å². The average Bonchev–Trinajstić information content (AvgIpc) is 2.39. The van der Waals surface area contributed by atoms with Crippen LogP contribution in [-0.2, 0) is 0 Å².